The summed E-state index contributed by atoms with van der Waals surface area (Å²) < 4.78 is 45.0. The van der Waals surface area contributed by atoms with Crippen LogP contribution in [0.5, 0.6) is 0 Å². The van der Waals surface area contributed by atoms with Gasteiger partial charge in [-0.3, -0.25) is 4.98 Å². The number of aliphatic carboxylic acids is 1. The third-order valence-electron chi connectivity index (χ3n) is 2.69. The molecule has 1 aromatic rings. The van der Waals surface area contributed by atoms with Crippen LogP contribution in [0.1, 0.15) is 6.42 Å². The minimum Gasteiger partial charge on any atom is -0.475 e. The molecule has 0 radical (unpaired) electrons. The molecule has 2 atom stereocenters. The molecule has 5 nitrogen and oxygen atoms in total. The number of alkyl halides is 4. The van der Waals surface area contributed by atoms with E-state index >= 15 is 0 Å². The highest BCUT2D eigenvalue weighted by atomic mass is 19.4. The zero-order valence-electron chi connectivity index (χ0n) is 10.9. The Morgan fingerprint density at radius 3 is 2.48 bits per heavy atom. The summed E-state index contributed by atoms with van der Waals surface area (Å²) in [6, 6.07) is 3.71. The quantitative estimate of drug-likeness (QED) is 0.770. The number of halogens is 4. The van der Waals surface area contributed by atoms with Crippen molar-refractivity contribution in [3.8, 4) is 0 Å². The van der Waals surface area contributed by atoms with E-state index in [1.54, 1.807) is 12.4 Å². The van der Waals surface area contributed by atoms with Crippen molar-refractivity contribution in [3.05, 3.63) is 24.5 Å². The lowest BCUT2D eigenvalue weighted by Crippen LogP contribution is -2.48. The van der Waals surface area contributed by atoms with Gasteiger partial charge in [0.05, 0.1) is 11.9 Å². The van der Waals surface area contributed by atoms with Crippen LogP contribution in [0.3, 0.4) is 0 Å². The highest BCUT2D eigenvalue weighted by Gasteiger charge is 2.38. The molecule has 2 heterocycles. The fraction of sp³-hybridized carbons (Fsp3) is 0.500. The Morgan fingerprint density at radius 2 is 2.05 bits per heavy atom. The summed E-state index contributed by atoms with van der Waals surface area (Å²) in [7, 11) is 0. The minimum atomic E-state index is -5.08. The number of rotatable bonds is 1. The lowest BCUT2D eigenvalue weighted by Gasteiger charge is -2.34. The first-order valence-corrected chi connectivity index (χ1v) is 6.05. The van der Waals surface area contributed by atoms with Crippen molar-refractivity contribution in [2.24, 2.45) is 5.73 Å². The van der Waals surface area contributed by atoms with E-state index in [2.05, 4.69) is 4.98 Å². The molecule has 3 N–H and O–H groups in total. The lowest BCUT2D eigenvalue weighted by molar-refractivity contribution is -0.192. The summed E-state index contributed by atoms with van der Waals surface area (Å²) >= 11 is 0. The van der Waals surface area contributed by atoms with E-state index in [4.69, 9.17) is 15.6 Å². The van der Waals surface area contributed by atoms with Gasteiger partial charge in [-0.15, -0.1) is 0 Å². The van der Waals surface area contributed by atoms with Crippen molar-refractivity contribution in [2.45, 2.75) is 24.8 Å². The van der Waals surface area contributed by atoms with Crippen LogP contribution in [0.4, 0.5) is 23.2 Å². The van der Waals surface area contributed by atoms with Crippen LogP contribution in [-0.2, 0) is 4.79 Å². The molecule has 2 rings (SSSR count). The summed E-state index contributed by atoms with van der Waals surface area (Å²) in [5, 5.41) is 7.12. The van der Waals surface area contributed by atoms with E-state index < -0.39 is 18.3 Å². The fourth-order valence-electron chi connectivity index (χ4n) is 1.83. The van der Waals surface area contributed by atoms with Crippen molar-refractivity contribution in [1.82, 2.24) is 4.98 Å². The molecule has 0 aliphatic carbocycles. The number of nitrogens with zero attached hydrogens (tertiary/aromatic N) is 2. The first-order valence-electron chi connectivity index (χ1n) is 6.05. The molecule has 1 aliphatic heterocycles. The van der Waals surface area contributed by atoms with Gasteiger partial charge in [-0.05, 0) is 18.6 Å². The monoisotopic (exact) mass is 309 g/mol. The van der Waals surface area contributed by atoms with Crippen LogP contribution in [0.2, 0.25) is 0 Å². The summed E-state index contributed by atoms with van der Waals surface area (Å²) in [6.45, 7) is 1.14. The van der Waals surface area contributed by atoms with E-state index in [-0.39, 0.29) is 6.04 Å². The molecule has 0 bridgehead atoms. The maximum Gasteiger partial charge on any atom is 0.490 e. The SMILES string of the molecule is N[C@H]1C[C@H](F)CN(c2cccnc2)C1.O=C(O)C(F)(F)F. The minimum absolute atomic E-state index is 0.0704. The van der Waals surface area contributed by atoms with Gasteiger partial charge in [0, 0.05) is 25.3 Å². The second-order valence-electron chi connectivity index (χ2n) is 4.51. The number of pyridine rings is 1. The number of hydrogen-bond donors (Lipinski definition) is 2. The van der Waals surface area contributed by atoms with Crippen molar-refractivity contribution in [3.63, 3.8) is 0 Å². The summed E-state index contributed by atoms with van der Waals surface area (Å²) in [6.07, 6.45) is -1.99. The van der Waals surface area contributed by atoms with Gasteiger partial charge in [0.25, 0.3) is 0 Å². The van der Waals surface area contributed by atoms with Crippen LogP contribution < -0.4 is 10.6 Å². The van der Waals surface area contributed by atoms with Crippen LogP contribution >= 0.6 is 0 Å². The zero-order chi connectivity index (χ0) is 16.0. The molecular formula is C12H15F4N3O2. The number of anilines is 1. The molecular weight excluding hydrogens is 294 g/mol. The number of hydrogen-bond acceptors (Lipinski definition) is 4. The number of carbonyl (C=O) groups is 1. The average Bonchev–Trinajstić information content (AvgIpc) is 2.38. The molecule has 9 heteroatoms. The Morgan fingerprint density at radius 1 is 1.43 bits per heavy atom. The van der Waals surface area contributed by atoms with Crippen molar-refractivity contribution < 1.29 is 27.5 Å². The first-order chi connectivity index (χ1) is 9.70. The largest absolute Gasteiger partial charge is 0.490 e. The highest BCUT2D eigenvalue weighted by Crippen LogP contribution is 2.19. The van der Waals surface area contributed by atoms with E-state index in [0.29, 0.717) is 19.5 Å². The van der Waals surface area contributed by atoms with Gasteiger partial charge in [0.2, 0.25) is 0 Å². The second kappa shape index (κ2) is 7.21. The van der Waals surface area contributed by atoms with Gasteiger partial charge in [-0.25, -0.2) is 9.18 Å². The Bertz CT molecular complexity index is 446. The molecule has 0 amide bonds. The first kappa shape index (κ1) is 17.2. The second-order valence-corrected chi connectivity index (χ2v) is 4.51. The van der Waals surface area contributed by atoms with Crippen molar-refractivity contribution in [1.29, 1.82) is 0 Å². The molecule has 1 aromatic heterocycles. The lowest BCUT2D eigenvalue weighted by atomic mass is 10.0. The zero-order valence-corrected chi connectivity index (χ0v) is 10.9. The number of carboxylic acids is 1. The van der Waals surface area contributed by atoms with Gasteiger partial charge >= 0.3 is 12.1 Å². The van der Waals surface area contributed by atoms with Crippen LogP contribution in [0.15, 0.2) is 24.5 Å². The van der Waals surface area contributed by atoms with Crippen molar-refractivity contribution >= 4 is 11.7 Å². The Labute approximate surface area is 118 Å². The van der Waals surface area contributed by atoms with Gasteiger partial charge in [0.15, 0.2) is 0 Å². The molecule has 118 valence electrons. The third-order valence-corrected chi connectivity index (χ3v) is 2.69. The smallest absolute Gasteiger partial charge is 0.475 e. The number of nitrogens with two attached hydrogens (primary N) is 1. The van der Waals surface area contributed by atoms with Gasteiger partial charge in [0.1, 0.15) is 6.17 Å². The Kier molecular flexibility index (Phi) is 5.89. The predicted octanol–water partition coefficient (Wildman–Crippen LogP) is 1.59. The molecule has 21 heavy (non-hydrogen) atoms. The average molecular weight is 309 g/mol. The van der Waals surface area contributed by atoms with Crippen LogP contribution in [0, 0.1) is 0 Å². The van der Waals surface area contributed by atoms with E-state index in [9.17, 15) is 17.6 Å². The van der Waals surface area contributed by atoms with Crippen LogP contribution in [0.25, 0.3) is 0 Å². The maximum absolute atomic E-state index is 13.2. The molecule has 0 aromatic carbocycles. The molecule has 0 saturated carbocycles. The van der Waals surface area contributed by atoms with E-state index in [1.165, 1.54) is 0 Å². The fourth-order valence-corrected chi connectivity index (χ4v) is 1.83. The molecule has 0 unspecified atom stereocenters. The topological polar surface area (TPSA) is 79.5 Å². The number of piperidine rings is 1. The molecule has 0 spiro atoms. The van der Waals surface area contributed by atoms with E-state index in [1.807, 2.05) is 17.0 Å². The van der Waals surface area contributed by atoms with Gasteiger partial charge in [-0.2, -0.15) is 13.2 Å². The highest BCUT2D eigenvalue weighted by molar-refractivity contribution is 5.73. The van der Waals surface area contributed by atoms with Gasteiger partial charge in [-0.1, -0.05) is 0 Å². The van der Waals surface area contributed by atoms with Crippen molar-refractivity contribution in [2.75, 3.05) is 18.0 Å². The Hall–Kier alpha value is -1.90. The molecule has 1 fully saturated rings. The number of carboxylic acid groups (broad SMARTS) is 1. The van der Waals surface area contributed by atoms with Gasteiger partial charge < -0.3 is 15.7 Å². The van der Waals surface area contributed by atoms with E-state index in [0.717, 1.165) is 5.69 Å². The Balaban J connectivity index is 0.000000270. The summed E-state index contributed by atoms with van der Waals surface area (Å²) in [5.41, 5.74) is 6.70. The summed E-state index contributed by atoms with van der Waals surface area (Å²) in [4.78, 5) is 14.9. The molecule has 1 aliphatic rings. The number of aromatic nitrogens is 1. The maximum atomic E-state index is 13.2. The standard InChI is InChI=1S/C10H14FN3.C2HF3O2/c11-8-4-9(12)7-14(6-8)10-2-1-3-13-5-10;3-2(4,5)1(6)7/h1-3,5,8-9H,4,6-7,12H2;(H,6,7)/t8-,9-;/m0./s1. The normalized spacial score (nSPS) is 22.2. The predicted molar refractivity (Wildman–Crippen MR) is 67.6 cm³/mol. The third kappa shape index (κ3) is 5.94. The summed E-state index contributed by atoms with van der Waals surface area (Å²) in [5.74, 6) is -2.76. The molecule has 1 saturated heterocycles. The van der Waals surface area contributed by atoms with Crippen LogP contribution in [-0.4, -0.2) is 47.5 Å².